The number of nitrogens with zero attached hydrogens (tertiary/aromatic N) is 1. The molecule has 0 spiro atoms. The summed E-state index contributed by atoms with van der Waals surface area (Å²) in [4.78, 5) is 10.9. The first-order chi connectivity index (χ1) is 12.1. The number of allylic oxidation sites excluding steroid dienone is 1. The summed E-state index contributed by atoms with van der Waals surface area (Å²) in [7, 11) is 0. The maximum absolute atomic E-state index is 10.9. The Labute approximate surface area is 149 Å². The zero-order chi connectivity index (χ0) is 17.8. The molecule has 0 saturated carbocycles. The van der Waals surface area contributed by atoms with Crippen molar-refractivity contribution in [3.8, 4) is 17.4 Å². The van der Waals surface area contributed by atoms with E-state index in [9.17, 15) is 10.1 Å². The molecule has 0 aliphatic heterocycles. The lowest BCUT2D eigenvalue weighted by Crippen LogP contribution is -1.94. The van der Waals surface area contributed by atoms with Gasteiger partial charge in [-0.25, -0.2) is 4.79 Å². The van der Waals surface area contributed by atoms with Gasteiger partial charge in [-0.3, -0.25) is 0 Å². The van der Waals surface area contributed by atoms with Crippen LogP contribution >= 0.6 is 11.6 Å². The van der Waals surface area contributed by atoms with Gasteiger partial charge in [0.15, 0.2) is 0 Å². The molecular weight excluding hydrogens is 338 g/mol. The molecule has 0 aliphatic carbocycles. The van der Waals surface area contributed by atoms with E-state index in [4.69, 9.17) is 21.1 Å². The van der Waals surface area contributed by atoms with Crippen molar-refractivity contribution in [2.45, 2.75) is 0 Å². The number of carboxylic acid groups (broad SMARTS) is 1. The van der Waals surface area contributed by atoms with Gasteiger partial charge in [-0.05, 0) is 36.4 Å². The summed E-state index contributed by atoms with van der Waals surface area (Å²) in [6.45, 7) is 0. The monoisotopic (exact) mass is 349 g/mol. The number of halogens is 1. The van der Waals surface area contributed by atoms with E-state index in [1.165, 1.54) is 12.1 Å². The molecular formula is C20H12ClNO3. The molecule has 5 heteroatoms. The maximum Gasteiger partial charge on any atom is 0.335 e. The van der Waals surface area contributed by atoms with E-state index >= 15 is 0 Å². The first kappa shape index (κ1) is 16.6. The minimum Gasteiger partial charge on any atom is -0.478 e. The number of benzene rings is 2. The van der Waals surface area contributed by atoms with E-state index in [1.807, 2.05) is 6.07 Å². The van der Waals surface area contributed by atoms with Crippen molar-refractivity contribution in [3.63, 3.8) is 0 Å². The normalized spacial score (nSPS) is 11.1. The van der Waals surface area contributed by atoms with Crippen molar-refractivity contribution in [1.29, 1.82) is 5.26 Å². The Hall–Kier alpha value is -3.29. The Morgan fingerprint density at radius 1 is 1.08 bits per heavy atom. The first-order valence-corrected chi connectivity index (χ1v) is 7.76. The minimum atomic E-state index is -0.979. The molecule has 3 aromatic rings. The lowest BCUT2D eigenvalue weighted by Gasteiger charge is -2.01. The fraction of sp³-hybridized carbons (Fsp3) is 0. The predicted molar refractivity (Wildman–Crippen MR) is 96.0 cm³/mol. The highest BCUT2D eigenvalue weighted by Crippen LogP contribution is 2.28. The molecule has 0 radical (unpaired) electrons. The molecule has 4 nitrogen and oxygen atoms in total. The van der Waals surface area contributed by atoms with Crippen LogP contribution in [-0.2, 0) is 0 Å². The van der Waals surface area contributed by atoms with E-state index in [0.717, 1.165) is 5.56 Å². The van der Waals surface area contributed by atoms with Crippen molar-refractivity contribution >= 4 is 29.2 Å². The summed E-state index contributed by atoms with van der Waals surface area (Å²) >= 11 is 6.13. The second kappa shape index (κ2) is 7.08. The molecule has 0 saturated heterocycles. The van der Waals surface area contributed by atoms with Crippen LogP contribution < -0.4 is 0 Å². The van der Waals surface area contributed by atoms with Crippen LogP contribution in [0.3, 0.4) is 0 Å². The van der Waals surface area contributed by atoms with Gasteiger partial charge in [0.2, 0.25) is 0 Å². The Balaban J connectivity index is 1.92. The van der Waals surface area contributed by atoms with Crippen LogP contribution in [0, 0.1) is 11.3 Å². The van der Waals surface area contributed by atoms with Gasteiger partial charge in [0.25, 0.3) is 0 Å². The third-order valence-corrected chi connectivity index (χ3v) is 3.94. The topological polar surface area (TPSA) is 74.2 Å². The average Bonchev–Trinajstić information content (AvgIpc) is 3.09. The standard InChI is InChI=1S/C20H12ClNO3/c21-18-4-2-1-3-17(18)15(12-22)11-16-9-10-19(25-16)13-5-7-14(8-6-13)20(23)24/h1-11H,(H,23,24). The largest absolute Gasteiger partial charge is 0.478 e. The summed E-state index contributed by atoms with van der Waals surface area (Å²) < 4.78 is 5.75. The quantitative estimate of drug-likeness (QED) is 0.643. The predicted octanol–water partition coefficient (Wildman–Crippen LogP) is 5.36. The number of rotatable bonds is 4. The summed E-state index contributed by atoms with van der Waals surface area (Å²) in [6.07, 6.45) is 1.62. The number of hydrogen-bond donors (Lipinski definition) is 1. The Bertz CT molecular complexity index is 994. The number of carboxylic acids is 1. The molecule has 1 heterocycles. The lowest BCUT2D eigenvalue weighted by molar-refractivity contribution is 0.0697. The smallest absolute Gasteiger partial charge is 0.335 e. The van der Waals surface area contributed by atoms with Crippen molar-refractivity contribution in [3.05, 3.63) is 82.6 Å². The lowest BCUT2D eigenvalue weighted by atomic mass is 10.1. The minimum absolute atomic E-state index is 0.209. The Morgan fingerprint density at radius 2 is 1.80 bits per heavy atom. The van der Waals surface area contributed by atoms with Crippen LogP contribution in [0.15, 0.2) is 65.1 Å². The van der Waals surface area contributed by atoms with Crippen molar-refractivity contribution in [1.82, 2.24) is 0 Å². The highest BCUT2D eigenvalue weighted by molar-refractivity contribution is 6.32. The van der Waals surface area contributed by atoms with E-state index in [1.54, 1.807) is 48.5 Å². The molecule has 0 atom stereocenters. The van der Waals surface area contributed by atoms with Gasteiger partial charge >= 0.3 is 5.97 Å². The van der Waals surface area contributed by atoms with Crippen molar-refractivity contribution < 1.29 is 14.3 Å². The fourth-order valence-electron chi connectivity index (χ4n) is 2.35. The highest BCUT2D eigenvalue weighted by Gasteiger charge is 2.09. The maximum atomic E-state index is 10.9. The molecule has 0 unspecified atom stereocenters. The number of nitriles is 1. The van der Waals surface area contributed by atoms with Gasteiger partial charge < -0.3 is 9.52 Å². The van der Waals surface area contributed by atoms with Crippen LogP contribution in [0.2, 0.25) is 5.02 Å². The molecule has 2 aromatic carbocycles. The van der Waals surface area contributed by atoms with Gasteiger partial charge in [-0.1, -0.05) is 41.9 Å². The first-order valence-electron chi connectivity index (χ1n) is 7.39. The van der Waals surface area contributed by atoms with E-state index in [2.05, 4.69) is 6.07 Å². The number of hydrogen-bond acceptors (Lipinski definition) is 3. The van der Waals surface area contributed by atoms with Crippen LogP contribution in [0.1, 0.15) is 21.7 Å². The third-order valence-electron chi connectivity index (χ3n) is 3.61. The third kappa shape index (κ3) is 3.63. The molecule has 0 amide bonds. The number of carbonyl (C=O) groups is 1. The van der Waals surface area contributed by atoms with Gasteiger partial charge in [0.05, 0.1) is 17.2 Å². The molecule has 1 N–H and O–H groups in total. The Morgan fingerprint density at radius 3 is 2.44 bits per heavy atom. The van der Waals surface area contributed by atoms with E-state index in [-0.39, 0.29) is 5.56 Å². The zero-order valence-electron chi connectivity index (χ0n) is 12.9. The summed E-state index contributed by atoms with van der Waals surface area (Å²) in [5, 5.41) is 18.8. The highest BCUT2D eigenvalue weighted by atomic mass is 35.5. The van der Waals surface area contributed by atoms with E-state index in [0.29, 0.717) is 27.7 Å². The van der Waals surface area contributed by atoms with Crippen LogP contribution in [-0.4, -0.2) is 11.1 Å². The number of furan rings is 1. The number of aromatic carboxylic acids is 1. The molecule has 1 aromatic heterocycles. The molecule has 0 fully saturated rings. The van der Waals surface area contributed by atoms with Gasteiger partial charge in [-0.2, -0.15) is 5.26 Å². The SMILES string of the molecule is N#CC(=Cc1ccc(-c2ccc(C(=O)O)cc2)o1)c1ccccc1Cl. The van der Waals surface area contributed by atoms with Gasteiger partial charge in [-0.15, -0.1) is 0 Å². The Kier molecular flexibility index (Phi) is 4.69. The van der Waals surface area contributed by atoms with E-state index < -0.39 is 5.97 Å². The van der Waals surface area contributed by atoms with Crippen molar-refractivity contribution in [2.24, 2.45) is 0 Å². The molecule has 25 heavy (non-hydrogen) atoms. The summed E-state index contributed by atoms with van der Waals surface area (Å²) in [5.41, 5.74) is 1.99. The summed E-state index contributed by atoms with van der Waals surface area (Å²) in [6, 6.07) is 19.1. The molecule has 3 rings (SSSR count). The second-order valence-corrected chi connectivity index (χ2v) is 5.64. The van der Waals surface area contributed by atoms with Gasteiger partial charge in [0, 0.05) is 16.1 Å². The second-order valence-electron chi connectivity index (χ2n) is 5.23. The van der Waals surface area contributed by atoms with Crippen LogP contribution in [0.4, 0.5) is 0 Å². The average molecular weight is 350 g/mol. The zero-order valence-corrected chi connectivity index (χ0v) is 13.7. The van der Waals surface area contributed by atoms with Crippen LogP contribution in [0.25, 0.3) is 23.0 Å². The molecule has 122 valence electrons. The van der Waals surface area contributed by atoms with Crippen LogP contribution in [0.5, 0.6) is 0 Å². The van der Waals surface area contributed by atoms with Gasteiger partial charge in [0.1, 0.15) is 11.5 Å². The fourth-order valence-corrected chi connectivity index (χ4v) is 2.59. The van der Waals surface area contributed by atoms with Crippen molar-refractivity contribution in [2.75, 3.05) is 0 Å². The summed E-state index contributed by atoms with van der Waals surface area (Å²) in [5.74, 6) is 0.112. The molecule has 0 bridgehead atoms. The molecule has 0 aliphatic rings.